The Morgan fingerprint density at radius 3 is 2.16 bits per heavy atom. The van der Waals surface area contributed by atoms with Gasteiger partial charge in [0.15, 0.2) is 0 Å². The lowest BCUT2D eigenvalue weighted by Crippen LogP contribution is -2.05. The lowest BCUT2D eigenvalue weighted by Gasteiger charge is -2.16. The van der Waals surface area contributed by atoms with E-state index in [0.29, 0.717) is 5.69 Å². The summed E-state index contributed by atoms with van der Waals surface area (Å²) < 4.78 is 1.64. The molecule has 0 aliphatic rings. The fraction of sp³-hybridized carbons (Fsp3) is 0.333. The molecule has 1 N–H and O–H groups in total. The van der Waals surface area contributed by atoms with Crippen LogP contribution in [0.15, 0.2) is 12.3 Å². The Hall–Kier alpha value is -2.10. The van der Waals surface area contributed by atoms with E-state index in [4.69, 9.17) is 0 Å². The van der Waals surface area contributed by atoms with Crippen LogP contribution in [-0.4, -0.2) is 20.9 Å². The first-order valence-electron chi connectivity index (χ1n) is 6.17. The molecule has 2 aromatic rings. The highest BCUT2D eigenvalue weighted by atomic mass is 16.4. The zero-order chi connectivity index (χ0) is 14.3. The molecular formula is C15H18N2O2. The molecule has 0 radical (unpaired) electrons. The van der Waals surface area contributed by atoms with E-state index in [1.807, 2.05) is 27.7 Å². The van der Waals surface area contributed by atoms with Gasteiger partial charge in [0.05, 0.1) is 11.9 Å². The number of hydrogen-bond donors (Lipinski definition) is 1. The van der Waals surface area contributed by atoms with Crippen molar-refractivity contribution in [2.45, 2.75) is 27.7 Å². The average Bonchev–Trinajstić information content (AvgIpc) is 2.70. The first-order valence-corrected chi connectivity index (χ1v) is 6.17. The van der Waals surface area contributed by atoms with E-state index in [1.165, 1.54) is 6.20 Å². The van der Waals surface area contributed by atoms with Gasteiger partial charge in [-0.2, -0.15) is 5.10 Å². The molecular weight excluding hydrogens is 240 g/mol. The summed E-state index contributed by atoms with van der Waals surface area (Å²) in [6.45, 7) is 8.13. The van der Waals surface area contributed by atoms with Gasteiger partial charge in [-0.3, -0.25) is 4.68 Å². The number of carboxylic acids is 1. The molecule has 0 aliphatic heterocycles. The lowest BCUT2D eigenvalue weighted by atomic mass is 9.91. The summed E-state index contributed by atoms with van der Waals surface area (Å²) in [6, 6.07) is 2.13. The van der Waals surface area contributed by atoms with E-state index in [9.17, 15) is 9.90 Å². The minimum atomic E-state index is -0.943. The standard InChI is InChI=1S/C15H18N2O2/c1-8-6-9(2)11(4)13(10(8)3)14-12(15(18)19)7-16-17(14)5/h6-7H,1-5H3,(H,18,19). The molecule has 4 nitrogen and oxygen atoms in total. The second-order valence-electron chi connectivity index (χ2n) is 4.97. The SMILES string of the molecule is Cc1cc(C)c(C)c(-c2c(C(=O)O)cnn2C)c1C. The van der Waals surface area contributed by atoms with Gasteiger partial charge in [0.2, 0.25) is 0 Å². The number of benzene rings is 1. The summed E-state index contributed by atoms with van der Waals surface area (Å²) in [6.07, 6.45) is 1.41. The Morgan fingerprint density at radius 1 is 1.16 bits per heavy atom. The van der Waals surface area contributed by atoms with Crippen LogP contribution in [0.1, 0.15) is 32.6 Å². The van der Waals surface area contributed by atoms with Crippen molar-refractivity contribution in [3.8, 4) is 11.3 Å². The van der Waals surface area contributed by atoms with E-state index in [0.717, 1.165) is 27.8 Å². The summed E-state index contributed by atoms with van der Waals surface area (Å²) in [5, 5.41) is 13.4. The molecule has 0 atom stereocenters. The third-order valence-electron chi connectivity index (χ3n) is 3.77. The minimum Gasteiger partial charge on any atom is -0.478 e. The number of hydrogen-bond acceptors (Lipinski definition) is 2. The van der Waals surface area contributed by atoms with Gasteiger partial charge >= 0.3 is 5.97 Å². The number of aromatic carboxylic acids is 1. The molecule has 0 fully saturated rings. The largest absolute Gasteiger partial charge is 0.478 e. The highest BCUT2D eigenvalue weighted by Crippen LogP contribution is 2.33. The Kier molecular flexibility index (Phi) is 3.18. The Bertz CT molecular complexity index is 643. The van der Waals surface area contributed by atoms with Crippen LogP contribution in [0.5, 0.6) is 0 Å². The average molecular weight is 258 g/mol. The van der Waals surface area contributed by atoms with E-state index < -0.39 is 5.97 Å². The second-order valence-corrected chi connectivity index (χ2v) is 4.97. The van der Waals surface area contributed by atoms with E-state index in [-0.39, 0.29) is 5.56 Å². The van der Waals surface area contributed by atoms with Gasteiger partial charge in [0.25, 0.3) is 0 Å². The van der Waals surface area contributed by atoms with Crippen molar-refractivity contribution < 1.29 is 9.90 Å². The number of carbonyl (C=O) groups is 1. The first kappa shape index (κ1) is 13.3. The zero-order valence-electron chi connectivity index (χ0n) is 11.9. The predicted molar refractivity (Wildman–Crippen MR) is 74.6 cm³/mol. The molecule has 1 aromatic heterocycles. The van der Waals surface area contributed by atoms with Gasteiger partial charge < -0.3 is 5.11 Å². The molecule has 4 heteroatoms. The molecule has 0 amide bonds. The van der Waals surface area contributed by atoms with E-state index in [2.05, 4.69) is 11.2 Å². The van der Waals surface area contributed by atoms with Gasteiger partial charge in [0.1, 0.15) is 5.56 Å². The van der Waals surface area contributed by atoms with Gasteiger partial charge in [-0.1, -0.05) is 6.07 Å². The monoisotopic (exact) mass is 258 g/mol. The molecule has 0 unspecified atom stereocenters. The van der Waals surface area contributed by atoms with Crippen LogP contribution >= 0.6 is 0 Å². The fourth-order valence-corrected chi connectivity index (χ4v) is 2.46. The number of rotatable bonds is 2. The van der Waals surface area contributed by atoms with Gasteiger partial charge in [-0.25, -0.2) is 4.79 Å². The smallest absolute Gasteiger partial charge is 0.339 e. The third-order valence-corrected chi connectivity index (χ3v) is 3.77. The molecule has 100 valence electrons. The Labute approximate surface area is 112 Å². The minimum absolute atomic E-state index is 0.249. The quantitative estimate of drug-likeness (QED) is 0.900. The van der Waals surface area contributed by atoms with Crippen LogP contribution in [0.3, 0.4) is 0 Å². The van der Waals surface area contributed by atoms with Gasteiger partial charge in [0, 0.05) is 12.6 Å². The molecule has 2 rings (SSSR count). The van der Waals surface area contributed by atoms with Crippen molar-refractivity contribution in [3.05, 3.63) is 40.1 Å². The predicted octanol–water partition coefficient (Wildman–Crippen LogP) is 3.02. The van der Waals surface area contributed by atoms with Gasteiger partial charge in [-0.15, -0.1) is 0 Å². The third kappa shape index (κ3) is 2.03. The summed E-state index contributed by atoms with van der Waals surface area (Å²) in [4.78, 5) is 11.3. The zero-order valence-corrected chi connectivity index (χ0v) is 11.9. The van der Waals surface area contributed by atoms with E-state index in [1.54, 1.807) is 11.7 Å². The van der Waals surface area contributed by atoms with E-state index >= 15 is 0 Å². The fourth-order valence-electron chi connectivity index (χ4n) is 2.46. The highest BCUT2D eigenvalue weighted by Gasteiger charge is 2.21. The first-order chi connectivity index (χ1) is 8.84. The summed E-state index contributed by atoms with van der Waals surface area (Å²) in [5.74, 6) is -0.943. The molecule has 0 aliphatic carbocycles. The molecule has 0 saturated carbocycles. The maximum absolute atomic E-state index is 11.3. The molecule has 0 saturated heterocycles. The van der Waals surface area contributed by atoms with Crippen LogP contribution in [0.2, 0.25) is 0 Å². The summed E-state index contributed by atoms with van der Waals surface area (Å²) in [5.41, 5.74) is 6.44. The maximum Gasteiger partial charge on any atom is 0.339 e. The van der Waals surface area contributed by atoms with Crippen LogP contribution in [0.25, 0.3) is 11.3 Å². The van der Waals surface area contributed by atoms with Crippen LogP contribution < -0.4 is 0 Å². The van der Waals surface area contributed by atoms with Crippen molar-refractivity contribution >= 4 is 5.97 Å². The van der Waals surface area contributed by atoms with Crippen molar-refractivity contribution in [1.82, 2.24) is 9.78 Å². The lowest BCUT2D eigenvalue weighted by molar-refractivity contribution is 0.0697. The summed E-state index contributed by atoms with van der Waals surface area (Å²) in [7, 11) is 1.78. The topological polar surface area (TPSA) is 55.1 Å². The van der Waals surface area contributed by atoms with Crippen molar-refractivity contribution in [3.63, 3.8) is 0 Å². The molecule has 0 spiro atoms. The maximum atomic E-state index is 11.3. The summed E-state index contributed by atoms with van der Waals surface area (Å²) >= 11 is 0. The molecule has 1 aromatic carbocycles. The molecule has 0 bridgehead atoms. The Balaban J connectivity index is 2.87. The van der Waals surface area contributed by atoms with Crippen molar-refractivity contribution in [2.75, 3.05) is 0 Å². The number of nitrogens with zero attached hydrogens (tertiary/aromatic N) is 2. The van der Waals surface area contributed by atoms with Crippen LogP contribution in [0.4, 0.5) is 0 Å². The molecule has 1 heterocycles. The van der Waals surface area contributed by atoms with Crippen LogP contribution in [0, 0.1) is 27.7 Å². The van der Waals surface area contributed by atoms with Gasteiger partial charge in [-0.05, 0) is 49.9 Å². The van der Waals surface area contributed by atoms with Crippen molar-refractivity contribution in [2.24, 2.45) is 7.05 Å². The van der Waals surface area contributed by atoms with Crippen molar-refractivity contribution in [1.29, 1.82) is 0 Å². The second kappa shape index (κ2) is 4.53. The number of aromatic nitrogens is 2. The molecule has 19 heavy (non-hydrogen) atoms. The van der Waals surface area contributed by atoms with Crippen LogP contribution in [-0.2, 0) is 7.05 Å². The normalized spacial score (nSPS) is 10.8. The Morgan fingerprint density at radius 2 is 1.68 bits per heavy atom. The highest BCUT2D eigenvalue weighted by molar-refractivity contribution is 5.96. The number of carboxylic acid groups (broad SMARTS) is 1. The number of aryl methyl sites for hydroxylation is 3.